The van der Waals surface area contributed by atoms with Crippen LogP contribution in [0.4, 0.5) is 17.3 Å². The summed E-state index contributed by atoms with van der Waals surface area (Å²) in [6.07, 6.45) is 14.6. The molecule has 0 unspecified atom stereocenters. The first-order valence-electron chi connectivity index (χ1n) is 14.4. The number of amides is 2. The first-order chi connectivity index (χ1) is 20.5. The van der Waals surface area contributed by atoms with Crippen LogP contribution in [-0.4, -0.2) is 37.2 Å². The molecule has 1 aliphatic heterocycles. The summed E-state index contributed by atoms with van der Waals surface area (Å²) in [5.41, 5.74) is 10.5. The van der Waals surface area contributed by atoms with E-state index in [-0.39, 0.29) is 23.8 Å². The van der Waals surface area contributed by atoms with Gasteiger partial charge in [0.1, 0.15) is 28.7 Å². The van der Waals surface area contributed by atoms with Crippen LogP contribution >= 0.6 is 0 Å². The number of carbonyl (C=O) groups is 2. The number of anilines is 2. The van der Waals surface area contributed by atoms with Crippen molar-refractivity contribution < 1.29 is 9.59 Å². The molecule has 4 aromatic rings. The molecule has 2 aliphatic rings. The number of pyridine rings is 1. The number of hydrogen-bond acceptors (Lipinski definition) is 6. The Bertz CT molecular complexity index is 1720. The molecule has 10 nitrogen and oxygen atoms in total. The van der Waals surface area contributed by atoms with E-state index in [0.717, 1.165) is 67.5 Å². The van der Waals surface area contributed by atoms with Crippen molar-refractivity contribution in [2.45, 2.75) is 63.3 Å². The molecule has 0 spiro atoms. The van der Waals surface area contributed by atoms with Gasteiger partial charge in [-0.3, -0.25) is 14.0 Å². The lowest BCUT2D eigenvalue weighted by atomic mass is 10.1. The van der Waals surface area contributed by atoms with Crippen LogP contribution in [0.25, 0.3) is 27.7 Å². The van der Waals surface area contributed by atoms with Crippen molar-refractivity contribution >= 4 is 40.7 Å². The third-order valence-corrected chi connectivity index (χ3v) is 8.00. The number of nitrogen functional groups attached to an aromatic ring is 1. The Kier molecular flexibility index (Phi) is 7.64. The number of benzene rings is 1. The first kappa shape index (κ1) is 27.1. The molecule has 1 saturated carbocycles. The second-order valence-electron chi connectivity index (χ2n) is 10.9. The minimum atomic E-state index is -0.327. The first-order valence-corrected chi connectivity index (χ1v) is 14.4. The van der Waals surface area contributed by atoms with Crippen LogP contribution < -0.4 is 16.4 Å². The van der Waals surface area contributed by atoms with Gasteiger partial charge in [-0.1, -0.05) is 24.6 Å². The summed E-state index contributed by atoms with van der Waals surface area (Å²) in [5.74, 6) is 1.57. The van der Waals surface area contributed by atoms with Gasteiger partial charge >= 0.3 is 0 Å². The van der Waals surface area contributed by atoms with Gasteiger partial charge in [-0.05, 0) is 68.9 Å². The van der Waals surface area contributed by atoms with Gasteiger partial charge in [-0.25, -0.2) is 19.8 Å². The Hall–Kier alpha value is -5.04. The van der Waals surface area contributed by atoms with Crippen molar-refractivity contribution in [1.29, 1.82) is 0 Å². The Balaban J connectivity index is 1.36. The van der Waals surface area contributed by atoms with Crippen molar-refractivity contribution in [3.8, 4) is 11.3 Å². The predicted octanol–water partition coefficient (Wildman–Crippen LogP) is 5.91. The van der Waals surface area contributed by atoms with Crippen LogP contribution in [0.3, 0.4) is 0 Å². The van der Waals surface area contributed by atoms with Crippen LogP contribution in [0.15, 0.2) is 54.9 Å². The SMILES string of the molecule is [C-]#[N+]c1ccnc(NC(=O)c2ccc(-c3nc4n5c(cnc(N)c35)/C=C/CCCCCC(=O)N[C@@H]3CC[C@@H]4C3)cc2)c1. The maximum Gasteiger partial charge on any atom is 0.256 e. The molecule has 1 fully saturated rings. The number of allylic oxidation sites excluding steroid dienone is 1. The van der Waals surface area contributed by atoms with Crippen LogP contribution in [-0.2, 0) is 4.79 Å². The van der Waals surface area contributed by atoms with Crippen molar-refractivity contribution in [3.05, 3.63) is 83.4 Å². The fourth-order valence-corrected chi connectivity index (χ4v) is 5.88. The molecule has 3 aromatic heterocycles. The van der Waals surface area contributed by atoms with E-state index in [0.29, 0.717) is 35.0 Å². The van der Waals surface area contributed by atoms with Gasteiger partial charge in [0.15, 0.2) is 5.69 Å². The van der Waals surface area contributed by atoms with E-state index in [9.17, 15) is 9.59 Å². The molecule has 2 amide bonds. The van der Waals surface area contributed by atoms with Gasteiger partial charge in [-0.2, -0.15) is 0 Å². The number of fused-ring (bicyclic) bond motifs is 3. The topological polar surface area (TPSA) is 132 Å². The fraction of sp³-hybridized carbons (Fsp3) is 0.312. The molecular formula is C32H32N8O2. The summed E-state index contributed by atoms with van der Waals surface area (Å²) in [6, 6.07) is 10.4. The van der Waals surface area contributed by atoms with E-state index >= 15 is 0 Å². The monoisotopic (exact) mass is 560 g/mol. The second-order valence-corrected chi connectivity index (χ2v) is 10.9. The van der Waals surface area contributed by atoms with Crippen molar-refractivity contribution in [2.75, 3.05) is 11.1 Å². The number of nitrogens with one attached hydrogen (secondary N) is 2. The number of rotatable bonds is 3. The average Bonchev–Trinajstić information content (AvgIpc) is 3.63. The number of imidazole rings is 1. The Labute approximate surface area is 243 Å². The molecule has 4 heterocycles. The van der Waals surface area contributed by atoms with E-state index in [4.69, 9.17) is 17.3 Å². The van der Waals surface area contributed by atoms with E-state index in [1.807, 2.05) is 12.1 Å². The minimum Gasteiger partial charge on any atom is -0.382 e. The maximum absolute atomic E-state index is 12.9. The van der Waals surface area contributed by atoms with Crippen molar-refractivity contribution in [1.82, 2.24) is 24.7 Å². The smallest absolute Gasteiger partial charge is 0.256 e. The Morgan fingerprint density at radius 3 is 2.81 bits per heavy atom. The molecule has 10 heteroatoms. The zero-order valence-corrected chi connectivity index (χ0v) is 23.2. The highest BCUT2D eigenvalue weighted by atomic mass is 16.2. The maximum atomic E-state index is 12.9. The normalized spacial score (nSPS) is 19.7. The van der Waals surface area contributed by atoms with Gasteiger partial charge in [0.05, 0.1) is 18.5 Å². The molecule has 2 atom stereocenters. The molecule has 0 radical (unpaired) electrons. The number of aromatic nitrogens is 4. The van der Waals surface area contributed by atoms with Crippen LogP contribution in [0.5, 0.6) is 0 Å². The average molecular weight is 561 g/mol. The summed E-state index contributed by atoms with van der Waals surface area (Å²) in [4.78, 5) is 42.6. The molecule has 42 heavy (non-hydrogen) atoms. The molecule has 1 aromatic carbocycles. The van der Waals surface area contributed by atoms with E-state index < -0.39 is 0 Å². The molecule has 212 valence electrons. The third-order valence-electron chi connectivity index (χ3n) is 8.00. The van der Waals surface area contributed by atoms with E-state index in [1.165, 1.54) is 12.3 Å². The summed E-state index contributed by atoms with van der Waals surface area (Å²) in [6.45, 7) is 7.17. The zero-order chi connectivity index (χ0) is 29.1. The molecule has 6 rings (SSSR count). The summed E-state index contributed by atoms with van der Waals surface area (Å²) in [5, 5.41) is 5.99. The highest BCUT2D eigenvalue weighted by Crippen LogP contribution is 2.39. The largest absolute Gasteiger partial charge is 0.382 e. The highest BCUT2D eigenvalue weighted by Gasteiger charge is 2.32. The van der Waals surface area contributed by atoms with Crippen LogP contribution in [0, 0.1) is 6.57 Å². The van der Waals surface area contributed by atoms with Crippen molar-refractivity contribution in [3.63, 3.8) is 0 Å². The zero-order valence-electron chi connectivity index (χ0n) is 23.2. The summed E-state index contributed by atoms with van der Waals surface area (Å²) in [7, 11) is 0. The number of nitrogens with zero attached hydrogens (tertiary/aromatic N) is 5. The quantitative estimate of drug-likeness (QED) is 0.267. The van der Waals surface area contributed by atoms with Crippen molar-refractivity contribution in [2.24, 2.45) is 0 Å². The molecule has 2 bridgehead atoms. The van der Waals surface area contributed by atoms with E-state index in [1.54, 1.807) is 24.4 Å². The van der Waals surface area contributed by atoms with Gasteiger partial charge < -0.3 is 16.4 Å². The molecule has 0 saturated heterocycles. The summed E-state index contributed by atoms with van der Waals surface area (Å²) < 4.78 is 2.12. The van der Waals surface area contributed by atoms with Gasteiger partial charge in [0.25, 0.3) is 5.91 Å². The molecular weight excluding hydrogens is 528 g/mol. The van der Waals surface area contributed by atoms with Crippen LogP contribution in [0.1, 0.15) is 79.2 Å². The van der Waals surface area contributed by atoms with Gasteiger partial charge in [-0.15, -0.1) is 0 Å². The summed E-state index contributed by atoms with van der Waals surface area (Å²) >= 11 is 0. The number of hydrogen-bond donors (Lipinski definition) is 3. The lowest BCUT2D eigenvalue weighted by Crippen LogP contribution is -2.32. The molecule has 1 aliphatic carbocycles. The fourth-order valence-electron chi connectivity index (χ4n) is 5.88. The minimum absolute atomic E-state index is 0.129. The highest BCUT2D eigenvalue weighted by molar-refractivity contribution is 6.04. The van der Waals surface area contributed by atoms with Crippen LogP contribution in [0.2, 0.25) is 0 Å². The standard InChI is InChI=1S/C32H32N8O2/c1-34-23-15-16-35-26(18-23)38-32(42)21-11-9-20(10-12-21)28-29-30(33)36-19-25-7-5-3-2-4-6-8-27(41)37-24-14-13-22(17-24)31(39-28)40(25)29/h5,7,9-12,15-16,18-19,22,24H,2-4,6,8,13-14,17H2,(H2,33,36)(H,37,41)(H,35,38,42)/b7-5+/t22-,24-/m1/s1. The van der Waals surface area contributed by atoms with Gasteiger partial charge in [0.2, 0.25) is 5.91 Å². The van der Waals surface area contributed by atoms with E-state index in [2.05, 4.69) is 42.0 Å². The lowest BCUT2D eigenvalue weighted by Gasteiger charge is -2.14. The lowest BCUT2D eigenvalue weighted by molar-refractivity contribution is -0.121. The van der Waals surface area contributed by atoms with Gasteiger partial charge in [0, 0.05) is 35.7 Å². The number of nitrogens with two attached hydrogens (primary N) is 1. The molecule has 4 N–H and O–H groups in total. The third kappa shape index (κ3) is 5.59. The Morgan fingerprint density at radius 1 is 1.12 bits per heavy atom. The predicted molar refractivity (Wildman–Crippen MR) is 162 cm³/mol. The number of carbonyl (C=O) groups excluding carboxylic acids is 2. The second kappa shape index (κ2) is 11.8. The Morgan fingerprint density at radius 2 is 1.98 bits per heavy atom.